The minimum Gasteiger partial charge on any atom is -0.480 e. The summed E-state index contributed by atoms with van der Waals surface area (Å²) in [5, 5.41) is 9.01. The number of ether oxygens (including phenoxy) is 2. The van der Waals surface area contributed by atoms with Crippen LogP contribution in [0.15, 0.2) is 0 Å². The zero-order valence-electron chi connectivity index (χ0n) is 10.0. The highest BCUT2D eigenvalue weighted by molar-refractivity contribution is 5.73. The molecule has 6 nitrogen and oxygen atoms in total. The van der Waals surface area contributed by atoms with Crippen molar-refractivity contribution in [3.05, 3.63) is 0 Å². The van der Waals surface area contributed by atoms with Crippen LogP contribution >= 0.6 is 0 Å². The summed E-state index contributed by atoms with van der Waals surface area (Å²) in [5.41, 5.74) is 5.46. The number of aliphatic carboxylic acids is 1. The van der Waals surface area contributed by atoms with Crippen LogP contribution in [0.5, 0.6) is 0 Å². The zero-order valence-corrected chi connectivity index (χ0v) is 10.0. The number of nitrogens with zero attached hydrogens (tertiary/aromatic N) is 1. The molecule has 0 aliphatic rings. The lowest BCUT2D eigenvalue weighted by atomic mass is 10.2. The molecule has 0 aliphatic carbocycles. The molecule has 1 atom stereocenters. The fourth-order valence-corrected chi connectivity index (χ4v) is 1.45. The fourth-order valence-electron chi connectivity index (χ4n) is 1.45. The average molecular weight is 234 g/mol. The van der Waals surface area contributed by atoms with Crippen molar-refractivity contribution in [2.24, 2.45) is 5.73 Å². The minimum absolute atomic E-state index is 0.103. The van der Waals surface area contributed by atoms with E-state index in [4.69, 9.17) is 20.3 Å². The van der Waals surface area contributed by atoms with Crippen molar-refractivity contribution in [2.45, 2.75) is 12.5 Å². The second kappa shape index (κ2) is 9.53. The van der Waals surface area contributed by atoms with Gasteiger partial charge >= 0.3 is 5.97 Å². The molecule has 0 spiro atoms. The molecule has 96 valence electrons. The first-order chi connectivity index (χ1) is 7.67. The van der Waals surface area contributed by atoms with E-state index >= 15 is 0 Å². The molecule has 1 unspecified atom stereocenters. The number of rotatable bonds is 10. The normalized spacial score (nSPS) is 13.0. The molecule has 0 bridgehead atoms. The number of carboxylic acid groups (broad SMARTS) is 1. The molecular weight excluding hydrogens is 212 g/mol. The first kappa shape index (κ1) is 15.3. The summed E-state index contributed by atoms with van der Waals surface area (Å²) < 4.78 is 9.88. The van der Waals surface area contributed by atoms with Gasteiger partial charge in [-0.3, -0.25) is 9.69 Å². The van der Waals surface area contributed by atoms with E-state index in [1.165, 1.54) is 0 Å². The molecule has 0 saturated heterocycles. The molecule has 0 aromatic rings. The second-order valence-corrected chi connectivity index (χ2v) is 3.46. The lowest BCUT2D eigenvalue weighted by Crippen LogP contribution is -2.48. The molecule has 0 radical (unpaired) electrons. The Morgan fingerprint density at radius 1 is 1.31 bits per heavy atom. The van der Waals surface area contributed by atoms with Crippen LogP contribution in [0.2, 0.25) is 0 Å². The number of methoxy groups -OCH3 is 2. The van der Waals surface area contributed by atoms with Gasteiger partial charge in [0.05, 0.1) is 6.61 Å². The van der Waals surface area contributed by atoms with E-state index in [9.17, 15) is 4.79 Å². The van der Waals surface area contributed by atoms with Crippen molar-refractivity contribution in [3.63, 3.8) is 0 Å². The topological polar surface area (TPSA) is 85.0 Å². The van der Waals surface area contributed by atoms with Crippen LogP contribution in [0.1, 0.15) is 6.42 Å². The quantitative estimate of drug-likeness (QED) is 0.490. The fraction of sp³-hybridized carbons (Fsp3) is 0.900. The van der Waals surface area contributed by atoms with Crippen molar-refractivity contribution in [3.8, 4) is 0 Å². The van der Waals surface area contributed by atoms with Crippen molar-refractivity contribution in [2.75, 3.05) is 47.1 Å². The van der Waals surface area contributed by atoms with Gasteiger partial charge in [-0.2, -0.15) is 0 Å². The Hall–Kier alpha value is -0.690. The molecule has 0 saturated carbocycles. The Labute approximate surface area is 96.3 Å². The Morgan fingerprint density at radius 3 is 2.38 bits per heavy atom. The first-order valence-electron chi connectivity index (χ1n) is 5.32. The third-order valence-corrected chi connectivity index (χ3v) is 2.33. The summed E-state index contributed by atoms with van der Waals surface area (Å²) in [4.78, 5) is 12.8. The van der Waals surface area contributed by atoms with Gasteiger partial charge in [-0.1, -0.05) is 0 Å². The summed E-state index contributed by atoms with van der Waals surface area (Å²) in [7, 11) is 3.21. The molecule has 0 rings (SSSR count). The average Bonchev–Trinajstić information content (AvgIpc) is 2.25. The molecule has 0 fully saturated rings. The summed E-state index contributed by atoms with van der Waals surface area (Å²) in [6.07, 6.45) is 0.782. The summed E-state index contributed by atoms with van der Waals surface area (Å²) >= 11 is 0. The zero-order chi connectivity index (χ0) is 12.4. The molecular formula is C10H22N2O4. The van der Waals surface area contributed by atoms with Gasteiger partial charge in [-0.05, 0) is 6.42 Å². The highest BCUT2D eigenvalue weighted by Gasteiger charge is 2.23. The molecule has 0 aromatic heterocycles. The largest absolute Gasteiger partial charge is 0.480 e. The maximum Gasteiger partial charge on any atom is 0.322 e. The first-order valence-corrected chi connectivity index (χ1v) is 5.32. The predicted molar refractivity (Wildman–Crippen MR) is 60.4 cm³/mol. The van der Waals surface area contributed by atoms with Crippen LogP contribution in [0.3, 0.4) is 0 Å². The van der Waals surface area contributed by atoms with Crippen molar-refractivity contribution < 1.29 is 19.4 Å². The number of nitrogens with two attached hydrogens (primary N) is 1. The van der Waals surface area contributed by atoms with E-state index in [0.29, 0.717) is 26.3 Å². The van der Waals surface area contributed by atoms with Gasteiger partial charge in [0.1, 0.15) is 6.04 Å². The SMILES string of the molecule is COCCCN(CCOC)C(CN)C(=O)O. The van der Waals surface area contributed by atoms with E-state index in [2.05, 4.69) is 0 Å². The molecule has 0 aliphatic heterocycles. The van der Waals surface area contributed by atoms with Crippen LogP contribution in [-0.2, 0) is 14.3 Å². The molecule has 0 aromatic carbocycles. The Morgan fingerprint density at radius 2 is 1.94 bits per heavy atom. The molecule has 0 amide bonds. The molecule has 3 N–H and O–H groups in total. The lowest BCUT2D eigenvalue weighted by Gasteiger charge is -2.27. The van der Waals surface area contributed by atoms with E-state index in [-0.39, 0.29) is 6.54 Å². The van der Waals surface area contributed by atoms with Crippen LogP contribution in [0.4, 0.5) is 0 Å². The Bertz CT molecular complexity index is 190. The smallest absolute Gasteiger partial charge is 0.322 e. The van der Waals surface area contributed by atoms with Gasteiger partial charge < -0.3 is 20.3 Å². The maximum absolute atomic E-state index is 11.0. The van der Waals surface area contributed by atoms with Gasteiger partial charge in [0.25, 0.3) is 0 Å². The Kier molecular flexibility index (Phi) is 9.12. The number of hydrogen-bond donors (Lipinski definition) is 2. The molecule has 16 heavy (non-hydrogen) atoms. The maximum atomic E-state index is 11.0. The van der Waals surface area contributed by atoms with Crippen molar-refractivity contribution in [1.82, 2.24) is 4.90 Å². The van der Waals surface area contributed by atoms with E-state index in [0.717, 1.165) is 6.42 Å². The van der Waals surface area contributed by atoms with Crippen LogP contribution in [-0.4, -0.2) is 69.1 Å². The summed E-state index contributed by atoms with van der Waals surface area (Å²) in [6.45, 7) is 2.42. The van der Waals surface area contributed by atoms with Gasteiger partial charge in [0.2, 0.25) is 0 Å². The van der Waals surface area contributed by atoms with Crippen molar-refractivity contribution >= 4 is 5.97 Å². The van der Waals surface area contributed by atoms with Gasteiger partial charge in [-0.25, -0.2) is 0 Å². The third-order valence-electron chi connectivity index (χ3n) is 2.33. The molecule has 0 heterocycles. The molecule has 6 heteroatoms. The third kappa shape index (κ3) is 6.02. The standard InChI is InChI=1S/C10H22N2O4/c1-15-6-3-4-12(5-7-16-2)9(8-11)10(13)14/h9H,3-8,11H2,1-2H3,(H,13,14). The predicted octanol–water partition coefficient (Wildman–Crippen LogP) is -0.617. The van der Waals surface area contributed by atoms with Gasteiger partial charge in [0, 0.05) is 40.5 Å². The second-order valence-electron chi connectivity index (χ2n) is 3.46. The highest BCUT2D eigenvalue weighted by Crippen LogP contribution is 2.01. The van der Waals surface area contributed by atoms with Gasteiger partial charge in [0.15, 0.2) is 0 Å². The van der Waals surface area contributed by atoms with Crippen LogP contribution in [0, 0.1) is 0 Å². The van der Waals surface area contributed by atoms with Crippen molar-refractivity contribution in [1.29, 1.82) is 0 Å². The van der Waals surface area contributed by atoms with E-state index in [1.54, 1.807) is 14.2 Å². The summed E-state index contributed by atoms with van der Waals surface area (Å²) in [5.74, 6) is -0.893. The monoisotopic (exact) mass is 234 g/mol. The number of carbonyl (C=O) groups is 1. The van der Waals surface area contributed by atoms with Crippen LogP contribution in [0.25, 0.3) is 0 Å². The summed E-state index contributed by atoms with van der Waals surface area (Å²) in [6, 6.07) is -0.646. The highest BCUT2D eigenvalue weighted by atomic mass is 16.5. The minimum atomic E-state index is -0.893. The lowest BCUT2D eigenvalue weighted by molar-refractivity contribution is -0.143. The van der Waals surface area contributed by atoms with E-state index in [1.807, 2.05) is 4.90 Å². The van der Waals surface area contributed by atoms with E-state index < -0.39 is 12.0 Å². The van der Waals surface area contributed by atoms with Crippen LogP contribution < -0.4 is 5.73 Å². The van der Waals surface area contributed by atoms with Gasteiger partial charge in [-0.15, -0.1) is 0 Å². The number of hydrogen-bond acceptors (Lipinski definition) is 5. The number of carboxylic acids is 1. The Balaban J connectivity index is 4.19.